The summed E-state index contributed by atoms with van der Waals surface area (Å²) in [6.07, 6.45) is 3.38. The molecule has 0 aliphatic heterocycles. The first-order valence-corrected chi connectivity index (χ1v) is 3.52. The van der Waals surface area contributed by atoms with Crippen molar-refractivity contribution in [1.29, 1.82) is 0 Å². The molecule has 0 aliphatic rings. The van der Waals surface area contributed by atoms with E-state index in [1.807, 2.05) is 6.07 Å². The molecular formula is C6H7BrN2O. The lowest BCUT2D eigenvalue weighted by Crippen LogP contribution is -1.95. The Morgan fingerprint density at radius 1 is 1.60 bits per heavy atom. The van der Waals surface area contributed by atoms with E-state index in [2.05, 4.69) is 31.2 Å². The number of hydrogen-bond acceptors (Lipinski definition) is 3. The number of hydrogen-bond donors (Lipinski definition) is 1. The van der Waals surface area contributed by atoms with Crippen molar-refractivity contribution in [1.82, 2.24) is 4.98 Å². The number of aromatic nitrogens is 1. The molecule has 10 heavy (non-hydrogen) atoms. The van der Waals surface area contributed by atoms with Gasteiger partial charge in [-0.3, -0.25) is 15.3 Å². The molecule has 0 spiro atoms. The fourth-order valence-electron chi connectivity index (χ4n) is 0.586. The Labute approximate surface area is 67.5 Å². The maximum Gasteiger partial charge on any atom is 0.0798 e. The van der Waals surface area contributed by atoms with E-state index in [1.165, 1.54) is 0 Å². The molecule has 0 aliphatic carbocycles. The van der Waals surface area contributed by atoms with Crippen molar-refractivity contribution in [2.45, 2.75) is 0 Å². The molecule has 0 aromatic carbocycles. The Hall–Kier alpha value is -0.610. The standard InChI is InChI=1S/C6H7BrN2O/c1-10-9-6-2-5(7)3-8-4-6/h2-4,9H,1H3. The Morgan fingerprint density at radius 3 is 3.00 bits per heavy atom. The molecular weight excluding hydrogens is 196 g/mol. The number of pyridine rings is 1. The largest absolute Gasteiger partial charge is 0.279 e. The Balaban J connectivity index is 2.75. The molecule has 3 nitrogen and oxygen atoms in total. The predicted molar refractivity (Wildman–Crippen MR) is 42.6 cm³/mol. The first-order chi connectivity index (χ1) is 4.83. The molecule has 0 fully saturated rings. The van der Waals surface area contributed by atoms with Gasteiger partial charge in [0.2, 0.25) is 0 Å². The Kier molecular flexibility index (Phi) is 2.65. The molecule has 4 heteroatoms. The zero-order valence-electron chi connectivity index (χ0n) is 5.47. The van der Waals surface area contributed by atoms with Crippen LogP contribution in [-0.2, 0) is 4.84 Å². The zero-order chi connectivity index (χ0) is 7.40. The molecule has 0 unspecified atom stereocenters. The minimum absolute atomic E-state index is 0.830. The highest BCUT2D eigenvalue weighted by Gasteiger charge is 1.90. The van der Waals surface area contributed by atoms with Crippen molar-refractivity contribution < 1.29 is 4.84 Å². The summed E-state index contributed by atoms with van der Waals surface area (Å²) in [5, 5.41) is 0. The molecule has 0 atom stereocenters. The number of rotatable bonds is 2. The van der Waals surface area contributed by atoms with Gasteiger partial charge in [-0.05, 0) is 22.0 Å². The smallest absolute Gasteiger partial charge is 0.0798 e. The molecule has 54 valence electrons. The normalized spacial score (nSPS) is 9.40. The Morgan fingerprint density at radius 2 is 2.40 bits per heavy atom. The fourth-order valence-corrected chi connectivity index (χ4v) is 0.950. The van der Waals surface area contributed by atoms with Crippen LogP contribution >= 0.6 is 15.9 Å². The van der Waals surface area contributed by atoms with Crippen molar-refractivity contribution in [3.05, 3.63) is 22.9 Å². The van der Waals surface area contributed by atoms with Gasteiger partial charge in [0.1, 0.15) is 0 Å². The first-order valence-electron chi connectivity index (χ1n) is 2.72. The van der Waals surface area contributed by atoms with Crippen molar-refractivity contribution >= 4 is 21.6 Å². The molecule has 0 radical (unpaired) electrons. The van der Waals surface area contributed by atoms with Gasteiger partial charge in [0.25, 0.3) is 0 Å². The summed E-state index contributed by atoms with van der Waals surface area (Å²) in [7, 11) is 1.56. The fraction of sp³-hybridized carbons (Fsp3) is 0.167. The number of anilines is 1. The van der Waals surface area contributed by atoms with E-state index in [-0.39, 0.29) is 0 Å². The van der Waals surface area contributed by atoms with Gasteiger partial charge in [-0.25, -0.2) is 0 Å². The summed E-state index contributed by atoms with van der Waals surface area (Å²) in [5.41, 5.74) is 3.49. The van der Waals surface area contributed by atoms with Crippen LogP contribution in [0.5, 0.6) is 0 Å². The van der Waals surface area contributed by atoms with Crippen LogP contribution in [0.4, 0.5) is 5.69 Å². The van der Waals surface area contributed by atoms with Crippen molar-refractivity contribution in [3.8, 4) is 0 Å². The van der Waals surface area contributed by atoms with Crippen LogP contribution in [-0.4, -0.2) is 12.1 Å². The minimum atomic E-state index is 0.830. The van der Waals surface area contributed by atoms with Crippen LogP contribution in [0.3, 0.4) is 0 Å². The van der Waals surface area contributed by atoms with E-state index in [0.29, 0.717) is 0 Å². The average Bonchev–Trinajstić information content (AvgIpc) is 1.88. The van der Waals surface area contributed by atoms with Gasteiger partial charge in [0.05, 0.1) is 19.0 Å². The van der Waals surface area contributed by atoms with Gasteiger partial charge in [-0.1, -0.05) is 0 Å². The van der Waals surface area contributed by atoms with E-state index in [9.17, 15) is 0 Å². The third-order valence-corrected chi connectivity index (χ3v) is 1.36. The van der Waals surface area contributed by atoms with E-state index in [4.69, 9.17) is 0 Å². The lowest BCUT2D eigenvalue weighted by Gasteiger charge is -2.00. The third-order valence-electron chi connectivity index (χ3n) is 0.925. The second-order valence-corrected chi connectivity index (χ2v) is 2.61. The second-order valence-electron chi connectivity index (χ2n) is 1.70. The van der Waals surface area contributed by atoms with E-state index in [0.717, 1.165) is 10.2 Å². The van der Waals surface area contributed by atoms with Crippen LogP contribution in [0.15, 0.2) is 22.9 Å². The van der Waals surface area contributed by atoms with E-state index >= 15 is 0 Å². The van der Waals surface area contributed by atoms with Crippen molar-refractivity contribution in [3.63, 3.8) is 0 Å². The summed E-state index contributed by atoms with van der Waals surface area (Å²) in [6, 6.07) is 1.87. The molecule has 0 saturated heterocycles. The number of nitrogens with zero attached hydrogens (tertiary/aromatic N) is 1. The predicted octanol–water partition coefficient (Wildman–Crippen LogP) is 1.82. The topological polar surface area (TPSA) is 34.1 Å². The summed E-state index contributed by atoms with van der Waals surface area (Å²) in [5.74, 6) is 0. The van der Waals surface area contributed by atoms with Crippen LogP contribution in [0.2, 0.25) is 0 Å². The van der Waals surface area contributed by atoms with Gasteiger partial charge in [-0.2, -0.15) is 0 Å². The average molecular weight is 203 g/mol. The van der Waals surface area contributed by atoms with Crippen LogP contribution in [0, 0.1) is 0 Å². The van der Waals surface area contributed by atoms with Gasteiger partial charge in [0, 0.05) is 10.7 Å². The lowest BCUT2D eigenvalue weighted by atomic mass is 10.4. The van der Waals surface area contributed by atoms with Crippen LogP contribution in [0.25, 0.3) is 0 Å². The minimum Gasteiger partial charge on any atom is -0.279 e. The maximum atomic E-state index is 4.67. The molecule has 1 rings (SSSR count). The molecule has 1 aromatic rings. The van der Waals surface area contributed by atoms with Gasteiger partial charge in [0.15, 0.2) is 0 Å². The first kappa shape index (κ1) is 7.50. The van der Waals surface area contributed by atoms with Crippen LogP contribution in [0.1, 0.15) is 0 Å². The third kappa shape index (κ3) is 1.97. The van der Waals surface area contributed by atoms with Gasteiger partial charge >= 0.3 is 0 Å². The maximum absolute atomic E-state index is 4.67. The summed E-state index contributed by atoms with van der Waals surface area (Å²) in [6.45, 7) is 0. The summed E-state index contributed by atoms with van der Waals surface area (Å²) in [4.78, 5) is 8.59. The SMILES string of the molecule is CONc1cncc(Br)c1. The molecule has 1 aromatic heterocycles. The van der Waals surface area contributed by atoms with Crippen LogP contribution < -0.4 is 5.48 Å². The monoisotopic (exact) mass is 202 g/mol. The number of nitrogens with one attached hydrogen (secondary N) is 1. The highest BCUT2D eigenvalue weighted by molar-refractivity contribution is 9.10. The summed E-state index contributed by atoms with van der Waals surface area (Å²) >= 11 is 3.27. The van der Waals surface area contributed by atoms with Gasteiger partial charge < -0.3 is 0 Å². The van der Waals surface area contributed by atoms with E-state index < -0.39 is 0 Å². The summed E-state index contributed by atoms with van der Waals surface area (Å²) < 4.78 is 0.926. The molecule has 0 saturated carbocycles. The second kappa shape index (κ2) is 3.53. The quantitative estimate of drug-likeness (QED) is 0.744. The number of halogens is 1. The molecule has 0 bridgehead atoms. The lowest BCUT2D eigenvalue weighted by molar-refractivity contribution is 0.271. The molecule has 1 N–H and O–H groups in total. The van der Waals surface area contributed by atoms with Crippen molar-refractivity contribution in [2.75, 3.05) is 12.6 Å². The van der Waals surface area contributed by atoms with Crippen molar-refractivity contribution in [2.24, 2.45) is 0 Å². The molecule has 0 amide bonds. The zero-order valence-corrected chi connectivity index (χ0v) is 7.05. The highest BCUT2D eigenvalue weighted by Crippen LogP contribution is 2.12. The van der Waals surface area contributed by atoms with E-state index in [1.54, 1.807) is 19.5 Å². The molecule has 1 heterocycles. The Bertz CT molecular complexity index is 217. The highest BCUT2D eigenvalue weighted by atomic mass is 79.9. The van der Waals surface area contributed by atoms with Gasteiger partial charge in [-0.15, -0.1) is 0 Å².